The van der Waals surface area contributed by atoms with E-state index in [2.05, 4.69) is 4.90 Å². The quantitative estimate of drug-likeness (QED) is 0.229. The number of hydrogen-bond acceptors (Lipinski definition) is 8. The summed E-state index contributed by atoms with van der Waals surface area (Å²) in [5.74, 6) is 1.81. The molecule has 0 spiro atoms. The summed E-state index contributed by atoms with van der Waals surface area (Å²) < 4.78 is 11.7. The van der Waals surface area contributed by atoms with E-state index in [0.717, 1.165) is 55.2 Å². The summed E-state index contributed by atoms with van der Waals surface area (Å²) in [5.41, 5.74) is 6.72. The number of para-hydroxylation sites is 2. The van der Waals surface area contributed by atoms with Gasteiger partial charge in [-0.1, -0.05) is 36.4 Å². The van der Waals surface area contributed by atoms with Crippen molar-refractivity contribution < 1.29 is 19.5 Å². The monoisotopic (exact) mass is 538 g/mol. The standard InChI is InChI=1S/C30H42N4O5/c1-23-10-3-5-13-27(23)39-28-14-6-4-12-26(28)30(35,16-7-8-19-38-2)24-11-9-17-32(20-24)29(22-34(36)37)33-18-15-25(31)21-33/h3-6,10,12-14,22,24-25,35H,7-9,11,15-21,31H2,1-2H3. The number of methoxy groups -OCH3 is 1. The van der Waals surface area contributed by atoms with Gasteiger partial charge in [0.2, 0.25) is 0 Å². The van der Waals surface area contributed by atoms with Crippen molar-refractivity contribution in [2.45, 2.75) is 57.1 Å². The van der Waals surface area contributed by atoms with Crippen LogP contribution in [-0.4, -0.2) is 65.8 Å². The van der Waals surface area contributed by atoms with Crippen LogP contribution in [0.5, 0.6) is 11.5 Å². The van der Waals surface area contributed by atoms with Crippen molar-refractivity contribution in [1.82, 2.24) is 9.80 Å². The molecule has 2 aromatic carbocycles. The molecule has 0 saturated carbocycles. The molecule has 39 heavy (non-hydrogen) atoms. The Hall–Kier alpha value is -3.14. The van der Waals surface area contributed by atoms with Gasteiger partial charge in [0, 0.05) is 57.4 Å². The number of unbranched alkanes of at least 4 members (excludes halogenated alkanes) is 1. The minimum absolute atomic E-state index is 0.00364. The number of nitrogens with two attached hydrogens (primary N) is 1. The molecule has 212 valence electrons. The molecule has 0 bridgehead atoms. The van der Waals surface area contributed by atoms with Crippen LogP contribution in [-0.2, 0) is 10.3 Å². The minimum Gasteiger partial charge on any atom is -0.457 e. The van der Waals surface area contributed by atoms with Gasteiger partial charge in [-0.25, -0.2) is 0 Å². The normalized spacial score (nSPS) is 21.6. The maximum atomic E-state index is 12.6. The van der Waals surface area contributed by atoms with Crippen LogP contribution in [0.3, 0.4) is 0 Å². The van der Waals surface area contributed by atoms with Crippen molar-refractivity contribution in [2.24, 2.45) is 11.7 Å². The van der Waals surface area contributed by atoms with Gasteiger partial charge in [-0.3, -0.25) is 10.1 Å². The van der Waals surface area contributed by atoms with E-state index in [1.54, 1.807) is 7.11 Å². The molecule has 2 heterocycles. The number of benzene rings is 2. The van der Waals surface area contributed by atoms with Crippen LogP contribution in [0.4, 0.5) is 0 Å². The molecule has 0 radical (unpaired) electrons. The van der Waals surface area contributed by atoms with Crippen LogP contribution in [0.1, 0.15) is 49.7 Å². The lowest BCUT2D eigenvalue weighted by atomic mass is 9.73. The Morgan fingerprint density at radius 1 is 1.10 bits per heavy atom. The van der Waals surface area contributed by atoms with Crippen LogP contribution >= 0.6 is 0 Å². The van der Waals surface area contributed by atoms with E-state index in [1.807, 2.05) is 60.4 Å². The predicted octanol–water partition coefficient (Wildman–Crippen LogP) is 4.61. The number of nitrogens with zero attached hydrogens (tertiary/aromatic N) is 3. The first-order valence-electron chi connectivity index (χ1n) is 14.0. The first kappa shape index (κ1) is 28.9. The number of aryl methyl sites for hydroxylation is 1. The van der Waals surface area contributed by atoms with Crippen LogP contribution in [0.15, 0.2) is 60.6 Å². The summed E-state index contributed by atoms with van der Waals surface area (Å²) in [6.45, 7) is 5.11. The lowest BCUT2D eigenvalue weighted by molar-refractivity contribution is -0.405. The number of aliphatic hydroxyl groups is 1. The molecule has 9 heteroatoms. The lowest BCUT2D eigenvalue weighted by Crippen LogP contribution is -2.48. The topological polar surface area (TPSA) is 114 Å². The average Bonchev–Trinajstić information content (AvgIpc) is 3.37. The molecule has 9 nitrogen and oxygen atoms in total. The summed E-state index contributed by atoms with van der Waals surface area (Å²) in [7, 11) is 1.68. The molecular formula is C30H42N4O5. The fraction of sp³-hybridized carbons (Fsp3) is 0.533. The van der Waals surface area contributed by atoms with Crippen LogP contribution < -0.4 is 10.5 Å². The second kappa shape index (κ2) is 13.3. The zero-order valence-electron chi connectivity index (χ0n) is 23.1. The Morgan fingerprint density at radius 2 is 1.82 bits per heavy atom. The molecule has 0 aliphatic carbocycles. The fourth-order valence-corrected chi connectivity index (χ4v) is 5.93. The molecule has 3 unspecified atom stereocenters. The Labute approximate surface area is 231 Å². The van der Waals surface area contributed by atoms with Crippen LogP contribution in [0.2, 0.25) is 0 Å². The number of hydrogen-bond donors (Lipinski definition) is 2. The molecule has 3 atom stereocenters. The second-order valence-electron chi connectivity index (χ2n) is 10.8. The lowest BCUT2D eigenvalue weighted by Gasteiger charge is -2.45. The Morgan fingerprint density at radius 3 is 2.51 bits per heavy atom. The van der Waals surface area contributed by atoms with Gasteiger partial charge in [0.25, 0.3) is 6.20 Å². The summed E-state index contributed by atoms with van der Waals surface area (Å²) in [5, 5.41) is 24.2. The Kier molecular flexibility index (Phi) is 9.83. The smallest absolute Gasteiger partial charge is 0.274 e. The Bertz CT molecular complexity index is 1140. The molecule has 2 saturated heterocycles. The van der Waals surface area contributed by atoms with Crippen LogP contribution in [0, 0.1) is 23.0 Å². The van der Waals surface area contributed by atoms with E-state index in [4.69, 9.17) is 15.2 Å². The first-order valence-corrected chi connectivity index (χ1v) is 14.0. The van der Waals surface area contributed by atoms with E-state index >= 15 is 0 Å². The third-order valence-corrected chi connectivity index (χ3v) is 8.01. The van der Waals surface area contributed by atoms with Crippen molar-refractivity contribution >= 4 is 0 Å². The van der Waals surface area contributed by atoms with Gasteiger partial charge in [-0.05, 0) is 63.1 Å². The van der Waals surface area contributed by atoms with Crippen molar-refractivity contribution in [1.29, 1.82) is 0 Å². The number of rotatable bonds is 12. The average molecular weight is 539 g/mol. The van der Waals surface area contributed by atoms with Crippen molar-refractivity contribution in [3.05, 3.63) is 81.8 Å². The number of piperidine rings is 1. The van der Waals surface area contributed by atoms with Gasteiger partial charge in [-0.15, -0.1) is 0 Å². The summed E-state index contributed by atoms with van der Waals surface area (Å²) in [6, 6.07) is 15.6. The molecule has 0 aromatic heterocycles. The second-order valence-corrected chi connectivity index (χ2v) is 10.8. The van der Waals surface area contributed by atoms with Gasteiger partial charge in [0.1, 0.15) is 11.5 Å². The van der Waals surface area contributed by atoms with E-state index in [9.17, 15) is 15.2 Å². The largest absolute Gasteiger partial charge is 0.457 e. The van der Waals surface area contributed by atoms with E-state index in [0.29, 0.717) is 50.8 Å². The molecule has 3 N–H and O–H groups in total. The molecule has 2 aromatic rings. The van der Waals surface area contributed by atoms with Gasteiger partial charge < -0.3 is 30.1 Å². The molecular weight excluding hydrogens is 496 g/mol. The maximum absolute atomic E-state index is 12.6. The maximum Gasteiger partial charge on any atom is 0.274 e. The minimum atomic E-state index is -1.19. The van der Waals surface area contributed by atoms with E-state index < -0.39 is 5.60 Å². The van der Waals surface area contributed by atoms with Crippen molar-refractivity contribution in [2.75, 3.05) is 39.9 Å². The number of ether oxygens (including phenoxy) is 2. The first-order chi connectivity index (χ1) is 18.8. The summed E-state index contributed by atoms with van der Waals surface area (Å²) >= 11 is 0. The highest BCUT2D eigenvalue weighted by Gasteiger charge is 2.43. The summed E-state index contributed by atoms with van der Waals surface area (Å²) in [4.78, 5) is 15.3. The van der Waals surface area contributed by atoms with Gasteiger partial charge in [-0.2, -0.15) is 0 Å². The predicted molar refractivity (Wildman–Crippen MR) is 151 cm³/mol. The summed E-state index contributed by atoms with van der Waals surface area (Å²) in [6.07, 6.45) is 5.67. The molecule has 2 fully saturated rings. The zero-order valence-corrected chi connectivity index (χ0v) is 23.1. The van der Waals surface area contributed by atoms with E-state index in [-0.39, 0.29) is 16.9 Å². The Balaban J connectivity index is 1.67. The van der Waals surface area contributed by atoms with Gasteiger partial charge in [0.15, 0.2) is 5.82 Å². The molecule has 0 amide bonds. The van der Waals surface area contributed by atoms with Gasteiger partial charge >= 0.3 is 0 Å². The highest BCUT2D eigenvalue weighted by atomic mass is 16.6. The third kappa shape index (κ3) is 7.09. The van der Waals surface area contributed by atoms with Crippen molar-refractivity contribution in [3.63, 3.8) is 0 Å². The fourth-order valence-electron chi connectivity index (χ4n) is 5.93. The van der Waals surface area contributed by atoms with Crippen molar-refractivity contribution in [3.8, 4) is 11.5 Å². The van der Waals surface area contributed by atoms with E-state index in [1.165, 1.54) is 0 Å². The van der Waals surface area contributed by atoms with Crippen LogP contribution in [0.25, 0.3) is 0 Å². The number of likely N-dealkylation sites (tertiary alicyclic amines) is 2. The molecule has 4 rings (SSSR count). The van der Waals surface area contributed by atoms with Gasteiger partial charge in [0.05, 0.1) is 10.5 Å². The highest BCUT2D eigenvalue weighted by molar-refractivity contribution is 5.44. The molecule has 2 aliphatic heterocycles. The molecule has 2 aliphatic rings. The third-order valence-electron chi connectivity index (χ3n) is 8.01. The zero-order chi connectivity index (χ0) is 27.8. The highest BCUT2D eigenvalue weighted by Crippen LogP contribution is 2.45. The SMILES string of the molecule is COCCCCC(O)(c1ccccc1Oc1ccccc1C)C1CCCN(C(=C[N+](=O)[O-])N2CCC(N)C2)C1. The number of nitro groups is 1.